The van der Waals surface area contributed by atoms with E-state index in [1.54, 1.807) is 45.0 Å². The van der Waals surface area contributed by atoms with Gasteiger partial charge in [0.1, 0.15) is 11.6 Å². The van der Waals surface area contributed by atoms with Crippen LogP contribution in [-0.2, 0) is 14.3 Å². The predicted octanol–water partition coefficient (Wildman–Crippen LogP) is 2.09. The number of benzene rings is 1. The maximum absolute atomic E-state index is 12.1. The standard InChI is InChI=1S/C16H20N2O5/c1-16(2,3)23-15(22)18-12(14(20)21)8-10-9-6-4-5-7-11(9)17-13(10)19/h4-7,10,12H,8H2,1-3H3,(H,17,19)(H,18,22)(H,20,21)/t10?,12-/m0/s1. The molecule has 2 rings (SSSR count). The second-order valence-corrected chi connectivity index (χ2v) is 6.40. The summed E-state index contributed by atoms with van der Waals surface area (Å²) < 4.78 is 5.07. The molecule has 1 aliphatic heterocycles. The molecular weight excluding hydrogens is 300 g/mol. The Bertz CT molecular complexity index is 636. The molecule has 124 valence electrons. The maximum atomic E-state index is 12.1. The Kier molecular flexibility index (Phi) is 4.58. The number of amides is 2. The molecule has 0 aromatic heterocycles. The molecule has 1 aliphatic rings. The molecule has 7 heteroatoms. The molecule has 1 aromatic rings. The Morgan fingerprint density at radius 2 is 2.00 bits per heavy atom. The van der Waals surface area contributed by atoms with Gasteiger partial charge in [0.05, 0.1) is 5.92 Å². The van der Waals surface area contributed by atoms with Crippen LogP contribution in [0.25, 0.3) is 0 Å². The molecule has 0 fully saturated rings. The molecule has 1 heterocycles. The fourth-order valence-corrected chi connectivity index (χ4v) is 2.42. The van der Waals surface area contributed by atoms with E-state index in [1.807, 2.05) is 0 Å². The summed E-state index contributed by atoms with van der Waals surface area (Å²) >= 11 is 0. The molecular formula is C16H20N2O5. The molecule has 3 N–H and O–H groups in total. The molecule has 2 atom stereocenters. The third-order valence-corrected chi connectivity index (χ3v) is 3.37. The molecule has 7 nitrogen and oxygen atoms in total. The number of fused-ring (bicyclic) bond motifs is 1. The van der Waals surface area contributed by atoms with Gasteiger partial charge in [-0.3, -0.25) is 4.79 Å². The van der Waals surface area contributed by atoms with Crippen molar-refractivity contribution in [2.75, 3.05) is 5.32 Å². The first-order valence-electron chi connectivity index (χ1n) is 7.29. The summed E-state index contributed by atoms with van der Waals surface area (Å²) in [4.78, 5) is 35.2. The predicted molar refractivity (Wildman–Crippen MR) is 83.2 cm³/mol. The third kappa shape index (κ3) is 4.21. The van der Waals surface area contributed by atoms with Gasteiger partial charge in [-0.1, -0.05) is 18.2 Å². The molecule has 23 heavy (non-hydrogen) atoms. The third-order valence-electron chi connectivity index (χ3n) is 3.37. The summed E-state index contributed by atoms with van der Waals surface area (Å²) in [5.74, 6) is -2.11. The number of nitrogens with one attached hydrogen (secondary N) is 2. The van der Waals surface area contributed by atoms with E-state index in [-0.39, 0.29) is 12.3 Å². The van der Waals surface area contributed by atoms with Gasteiger partial charge in [0, 0.05) is 5.69 Å². The first-order chi connectivity index (χ1) is 10.7. The highest BCUT2D eigenvalue weighted by atomic mass is 16.6. The van der Waals surface area contributed by atoms with Gasteiger partial charge < -0.3 is 20.5 Å². The number of para-hydroxylation sites is 1. The average molecular weight is 320 g/mol. The van der Waals surface area contributed by atoms with E-state index in [0.29, 0.717) is 5.69 Å². The first kappa shape index (κ1) is 16.8. The normalized spacial score (nSPS) is 17.9. The lowest BCUT2D eigenvalue weighted by molar-refractivity contribution is -0.139. The molecule has 2 amide bonds. The van der Waals surface area contributed by atoms with Crippen molar-refractivity contribution >= 4 is 23.7 Å². The van der Waals surface area contributed by atoms with Crippen LogP contribution < -0.4 is 10.6 Å². The van der Waals surface area contributed by atoms with Crippen LogP contribution in [0, 0.1) is 0 Å². The molecule has 0 saturated carbocycles. The summed E-state index contributed by atoms with van der Waals surface area (Å²) in [7, 11) is 0. The van der Waals surface area contributed by atoms with E-state index in [2.05, 4.69) is 10.6 Å². The zero-order valence-corrected chi connectivity index (χ0v) is 13.3. The number of alkyl carbamates (subject to hydrolysis) is 1. The first-order valence-corrected chi connectivity index (χ1v) is 7.29. The van der Waals surface area contributed by atoms with E-state index < -0.39 is 29.6 Å². The number of anilines is 1. The largest absolute Gasteiger partial charge is 0.480 e. The number of hydrogen-bond acceptors (Lipinski definition) is 4. The second-order valence-electron chi connectivity index (χ2n) is 6.40. The highest BCUT2D eigenvalue weighted by Crippen LogP contribution is 2.35. The van der Waals surface area contributed by atoms with Crippen LogP contribution in [0.1, 0.15) is 38.7 Å². The minimum atomic E-state index is -1.22. The van der Waals surface area contributed by atoms with Gasteiger partial charge >= 0.3 is 12.1 Å². The molecule has 0 radical (unpaired) electrons. The molecule has 0 bridgehead atoms. The van der Waals surface area contributed by atoms with Crippen molar-refractivity contribution in [1.82, 2.24) is 5.32 Å². The summed E-state index contributed by atoms with van der Waals surface area (Å²) in [6.45, 7) is 5.05. The number of carboxylic acid groups (broad SMARTS) is 1. The number of aliphatic carboxylic acids is 1. The summed E-state index contributed by atoms with van der Waals surface area (Å²) in [6, 6.07) is 5.87. The molecule has 0 spiro atoms. The SMILES string of the molecule is CC(C)(C)OC(=O)N[C@@H](CC1C(=O)Nc2ccccc21)C(=O)O. The van der Waals surface area contributed by atoms with Crippen LogP contribution in [0.5, 0.6) is 0 Å². The Hall–Kier alpha value is -2.57. The van der Waals surface area contributed by atoms with Crippen molar-refractivity contribution in [3.8, 4) is 0 Å². The fourth-order valence-electron chi connectivity index (χ4n) is 2.42. The lowest BCUT2D eigenvalue weighted by atomic mass is 9.93. The second kappa shape index (κ2) is 6.28. The van der Waals surface area contributed by atoms with Gasteiger partial charge in [0.25, 0.3) is 0 Å². The van der Waals surface area contributed by atoms with Crippen LogP contribution in [0.15, 0.2) is 24.3 Å². The van der Waals surface area contributed by atoms with Crippen molar-refractivity contribution in [2.24, 2.45) is 0 Å². The van der Waals surface area contributed by atoms with Crippen LogP contribution in [0.3, 0.4) is 0 Å². The summed E-state index contributed by atoms with van der Waals surface area (Å²) in [6.07, 6.45) is -0.867. The highest BCUT2D eigenvalue weighted by molar-refractivity contribution is 6.03. The average Bonchev–Trinajstić information content (AvgIpc) is 2.72. The topological polar surface area (TPSA) is 105 Å². The molecule has 1 aromatic carbocycles. The van der Waals surface area contributed by atoms with Crippen molar-refractivity contribution in [1.29, 1.82) is 0 Å². The Labute approximate surface area is 134 Å². The summed E-state index contributed by atoms with van der Waals surface area (Å²) in [5, 5.41) is 14.3. The van der Waals surface area contributed by atoms with Crippen LogP contribution in [0.2, 0.25) is 0 Å². The number of carbonyl (C=O) groups is 3. The lowest BCUT2D eigenvalue weighted by Gasteiger charge is -2.23. The van der Waals surface area contributed by atoms with E-state index >= 15 is 0 Å². The van der Waals surface area contributed by atoms with Crippen molar-refractivity contribution < 1.29 is 24.2 Å². The maximum Gasteiger partial charge on any atom is 0.408 e. The van der Waals surface area contributed by atoms with Gasteiger partial charge in [-0.25, -0.2) is 9.59 Å². The van der Waals surface area contributed by atoms with E-state index in [4.69, 9.17) is 4.74 Å². The van der Waals surface area contributed by atoms with Crippen molar-refractivity contribution in [2.45, 2.75) is 44.8 Å². The van der Waals surface area contributed by atoms with Gasteiger partial charge in [0.2, 0.25) is 5.91 Å². The van der Waals surface area contributed by atoms with Crippen LogP contribution in [-0.4, -0.2) is 34.7 Å². The number of ether oxygens (including phenoxy) is 1. The Morgan fingerprint density at radius 1 is 1.35 bits per heavy atom. The molecule has 1 unspecified atom stereocenters. The van der Waals surface area contributed by atoms with Crippen molar-refractivity contribution in [3.05, 3.63) is 29.8 Å². The summed E-state index contributed by atoms with van der Waals surface area (Å²) in [5.41, 5.74) is 0.670. The van der Waals surface area contributed by atoms with Gasteiger partial charge in [-0.15, -0.1) is 0 Å². The number of carboxylic acids is 1. The van der Waals surface area contributed by atoms with Crippen molar-refractivity contribution in [3.63, 3.8) is 0 Å². The quantitative estimate of drug-likeness (QED) is 0.788. The fraction of sp³-hybridized carbons (Fsp3) is 0.438. The number of rotatable bonds is 4. The van der Waals surface area contributed by atoms with Gasteiger partial charge in [-0.05, 0) is 38.8 Å². The number of hydrogen-bond donors (Lipinski definition) is 3. The minimum absolute atomic E-state index is 0.0442. The Balaban J connectivity index is 2.10. The van der Waals surface area contributed by atoms with Gasteiger partial charge in [0.15, 0.2) is 0 Å². The van der Waals surface area contributed by atoms with Crippen LogP contribution in [0.4, 0.5) is 10.5 Å². The van der Waals surface area contributed by atoms with Crippen LogP contribution >= 0.6 is 0 Å². The van der Waals surface area contributed by atoms with E-state index in [0.717, 1.165) is 5.56 Å². The minimum Gasteiger partial charge on any atom is -0.480 e. The highest BCUT2D eigenvalue weighted by Gasteiger charge is 2.35. The smallest absolute Gasteiger partial charge is 0.408 e. The zero-order valence-electron chi connectivity index (χ0n) is 13.3. The zero-order chi connectivity index (χ0) is 17.2. The molecule has 0 aliphatic carbocycles. The number of carbonyl (C=O) groups excluding carboxylic acids is 2. The monoisotopic (exact) mass is 320 g/mol. The van der Waals surface area contributed by atoms with E-state index in [9.17, 15) is 19.5 Å². The lowest BCUT2D eigenvalue weighted by Crippen LogP contribution is -2.44. The molecule has 0 saturated heterocycles. The van der Waals surface area contributed by atoms with E-state index in [1.165, 1.54) is 0 Å². The van der Waals surface area contributed by atoms with Gasteiger partial charge in [-0.2, -0.15) is 0 Å². The Morgan fingerprint density at radius 3 is 2.61 bits per heavy atom.